The Morgan fingerprint density at radius 2 is 1.59 bits per heavy atom. The van der Waals surface area contributed by atoms with Crippen molar-refractivity contribution in [3.8, 4) is 0 Å². The second-order valence-corrected chi connectivity index (χ2v) is 7.31. The van der Waals surface area contributed by atoms with Crippen LogP contribution in [0.25, 0.3) is 0 Å². The van der Waals surface area contributed by atoms with Crippen molar-refractivity contribution in [1.82, 2.24) is 9.80 Å². The van der Waals surface area contributed by atoms with Gasteiger partial charge in [-0.25, -0.2) is 8.42 Å². The first-order valence-electron chi connectivity index (χ1n) is 6.28. The third-order valence-electron chi connectivity index (χ3n) is 3.24. The van der Waals surface area contributed by atoms with Gasteiger partial charge in [-0.1, -0.05) is 6.92 Å². The summed E-state index contributed by atoms with van der Waals surface area (Å²) in [4.78, 5) is 4.70. The standard InChI is InChI=1S/C11H23ClN2O2S/c1-2-17(15,16)11-3-5-13-7-9-14(6-4-12)10-8-13/h2-11H2,1H3. The highest BCUT2D eigenvalue weighted by molar-refractivity contribution is 7.91. The first kappa shape index (κ1) is 15.2. The monoisotopic (exact) mass is 282 g/mol. The lowest BCUT2D eigenvalue weighted by Crippen LogP contribution is -2.47. The fraction of sp³-hybridized carbons (Fsp3) is 1.00. The molecule has 0 amide bonds. The highest BCUT2D eigenvalue weighted by Gasteiger charge is 2.16. The maximum atomic E-state index is 11.3. The second kappa shape index (κ2) is 7.56. The Bertz CT molecular complexity index is 301. The number of alkyl halides is 1. The molecule has 102 valence electrons. The fourth-order valence-corrected chi connectivity index (χ4v) is 3.11. The average molecular weight is 283 g/mol. The molecule has 0 unspecified atom stereocenters. The molecule has 1 rings (SSSR count). The highest BCUT2D eigenvalue weighted by atomic mass is 35.5. The molecule has 0 saturated carbocycles. The summed E-state index contributed by atoms with van der Waals surface area (Å²) in [5.74, 6) is 1.27. The summed E-state index contributed by atoms with van der Waals surface area (Å²) in [6.07, 6.45) is 0.756. The van der Waals surface area contributed by atoms with Crippen LogP contribution in [0.3, 0.4) is 0 Å². The van der Waals surface area contributed by atoms with Gasteiger partial charge in [0.25, 0.3) is 0 Å². The Morgan fingerprint density at radius 3 is 2.06 bits per heavy atom. The van der Waals surface area contributed by atoms with Crippen LogP contribution in [0.4, 0.5) is 0 Å². The molecule has 0 aromatic rings. The first-order chi connectivity index (χ1) is 8.07. The molecule has 0 atom stereocenters. The molecular weight excluding hydrogens is 260 g/mol. The van der Waals surface area contributed by atoms with Gasteiger partial charge in [-0.2, -0.15) is 0 Å². The van der Waals surface area contributed by atoms with E-state index < -0.39 is 9.84 Å². The molecule has 1 heterocycles. The predicted octanol–water partition coefficient (Wildman–Crippen LogP) is 0.668. The molecule has 0 aromatic heterocycles. The number of piperazine rings is 1. The third-order valence-corrected chi connectivity index (χ3v) is 5.19. The Morgan fingerprint density at radius 1 is 1.06 bits per heavy atom. The highest BCUT2D eigenvalue weighted by Crippen LogP contribution is 2.03. The van der Waals surface area contributed by atoms with Gasteiger partial charge in [0, 0.05) is 44.4 Å². The maximum Gasteiger partial charge on any atom is 0.150 e. The largest absolute Gasteiger partial charge is 0.301 e. The van der Waals surface area contributed by atoms with Crippen molar-refractivity contribution < 1.29 is 8.42 Å². The minimum atomic E-state index is -2.79. The van der Waals surface area contributed by atoms with E-state index in [1.807, 2.05) is 0 Å². The van der Waals surface area contributed by atoms with Crippen molar-refractivity contribution in [2.75, 3.05) is 56.7 Å². The average Bonchev–Trinajstić information content (AvgIpc) is 2.32. The maximum absolute atomic E-state index is 11.3. The minimum absolute atomic E-state index is 0.260. The normalized spacial score (nSPS) is 19.6. The molecule has 1 aliphatic heterocycles. The van der Waals surface area contributed by atoms with E-state index in [1.54, 1.807) is 6.92 Å². The van der Waals surface area contributed by atoms with E-state index in [2.05, 4.69) is 9.80 Å². The zero-order valence-corrected chi connectivity index (χ0v) is 12.1. The number of rotatable bonds is 7. The van der Waals surface area contributed by atoms with E-state index in [0.29, 0.717) is 11.6 Å². The Labute approximate surface area is 110 Å². The van der Waals surface area contributed by atoms with Crippen LogP contribution in [0.15, 0.2) is 0 Å². The molecule has 0 N–H and O–H groups in total. The zero-order valence-electron chi connectivity index (χ0n) is 10.6. The molecule has 4 nitrogen and oxygen atoms in total. The lowest BCUT2D eigenvalue weighted by molar-refractivity contribution is 0.138. The third kappa shape index (κ3) is 6.04. The van der Waals surface area contributed by atoms with Gasteiger partial charge in [-0.15, -0.1) is 11.6 Å². The topological polar surface area (TPSA) is 40.6 Å². The van der Waals surface area contributed by atoms with E-state index in [-0.39, 0.29) is 5.75 Å². The molecule has 0 bridgehead atoms. The molecule has 6 heteroatoms. The number of nitrogens with zero attached hydrogens (tertiary/aromatic N) is 2. The molecule has 1 aliphatic rings. The number of sulfone groups is 1. The Hall–Kier alpha value is 0.160. The van der Waals surface area contributed by atoms with Crippen molar-refractivity contribution >= 4 is 21.4 Å². The van der Waals surface area contributed by atoms with Gasteiger partial charge in [0.15, 0.2) is 0 Å². The van der Waals surface area contributed by atoms with Gasteiger partial charge in [-0.05, 0) is 13.0 Å². The summed E-state index contributed by atoms with van der Waals surface area (Å²) in [5, 5.41) is 0. The van der Waals surface area contributed by atoms with Gasteiger partial charge < -0.3 is 4.90 Å². The van der Waals surface area contributed by atoms with E-state index in [9.17, 15) is 8.42 Å². The molecule has 1 fully saturated rings. The zero-order chi connectivity index (χ0) is 12.7. The van der Waals surface area contributed by atoms with Crippen molar-refractivity contribution in [3.05, 3.63) is 0 Å². The van der Waals surface area contributed by atoms with Crippen LogP contribution in [0.2, 0.25) is 0 Å². The molecule has 0 aliphatic carbocycles. The van der Waals surface area contributed by atoms with Crippen LogP contribution >= 0.6 is 11.6 Å². The van der Waals surface area contributed by atoms with Gasteiger partial charge in [0.05, 0.1) is 5.75 Å². The van der Waals surface area contributed by atoms with Gasteiger partial charge in [0.2, 0.25) is 0 Å². The molecule has 0 radical (unpaired) electrons. The number of hydrogen-bond donors (Lipinski definition) is 0. The summed E-state index contributed by atoms with van der Waals surface area (Å²) in [7, 11) is -2.79. The Kier molecular flexibility index (Phi) is 6.77. The van der Waals surface area contributed by atoms with E-state index in [0.717, 1.165) is 45.7 Å². The Balaban J connectivity index is 2.14. The van der Waals surface area contributed by atoms with Gasteiger partial charge in [0.1, 0.15) is 9.84 Å². The van der Waals surface area contributed by atoms with Crippen molar-refractivity contribution in [3.63, 3.8) is 0 Å². The van der Waals surface area contributed by atoms with Crippen LogP contribution in [0.5, 0.6) is 0 Å². The first-order valence-corrected chi connectivity index (χ1v) is 8.64. The number of hydrogen-bond acceptors (Lipinski definition) is 4. The van der Waals surface area contributed by atoms with Crippen LogP contribution < -0.4 is 0 Å². The summed E-state index contributed by atoms with van der Waals surface area (Å²) in [5.41, 5.74) is 0. The molecule has 0 aromatic carbocycles. The molecular formula is C11H23ClN2O2S. The van der Waals surface area contributed by atoms with Crippen LogP contribution in [0.1, 0.15) is 13.3 Å². The summed E-state index contributed by atoms with van der Waals surface area (Å²) in [6, 6.07) is 0. The van der Waals surface area contributed by atoms with Crippen molar-refractivity contribution in [2.24, 2.45) is 0 Å². The molecule has 0 spiro atoms. The number of halogens is 1. The van der Waals surface area contributed by atoms with E-state index in [1.165, 1.54) is 0 Å². The fourth-order valence-electron chi connectivity index (χ4n) is 2.01. The molecule has 17 heavy (non-hydrogen) atoms. The second-order valence-electron chi connectivity index (χ2n) is 4.46. The van der Waals surface area contributed by atoms with Crippen molar-refractivity contribution in [1.29, 1.82) is 0 Å². The smallest absolute Gasteiger partial charge is 0.150 e. The summed E-state index contributed by atoms with van der Waals surface area (Å²) >= 11 is 5.70. The quantitative estimate of drug-likeness (QED) is 0.644. The SMILES string of the molecule is CCS(=O)(=O)CCCN1CCN(CCCl)CC1. The van der Waals surface area contributed by atoms with E-state index in [4.69, 9.17) is 11.6 Å². The minimum Gasteiger partial charge on any atom is -0.301 e. The lowest BCUT2D eigenvalue weighted by Gasteiger charge is -2.34. The van der Waals surface area contributed by atoms with Gasteiger partial charge in [-0.3, -0.25) is 4.90 Å². The van der Waals surface area contributed by atoms with Crippen molar-refractivity contribution in [2.45, 2.75) is 13.3 Å². The predicted molar refractivity (Wildman–Crippen MR) is 72.5 cm³/mol. The van der Waals surface area contributed by atoms with Crippen LogP contribution in [-0.2, 0) is 9.84 Å². The van der Waals surface area contributed by atoms with Crippen LogP contribution in [0, 0.1) is 0 Å². The summed E-state index contributed by atoms with van der Waals surface area (Å²) < 4.78 is 22.7. The van der Waals surface area contributed by atoms with Gasteiger partial charge >= 0.3 is 0 Å². The van der Waals surface area contributed by atoms with Crippen LogP contribution in [-0.4, -0.2) is 74.9 Å². The lowest BCUT2D eigenvalue weighted by atomic mass is 10.3. The summed E-state index contributed by atoms with van der Waals surface area (Å²) in [6.45, 7) is 7.72. The molecule has 1 saturated heterocycles. The van der Waals surface area contributed by atoms with E-state index >= 15 is 0 Å².